The Balaban J connectivity index is 1.59. The van der Waals surface area contributed by atoms with Gasteiger partial charge in [-0.05, 0) is 60.7 Å². The summed E-state index contributed by atoms with van der Waals surface area (Å²) in [6.45, 7) is 0. The number of hydrogen-bond acceptors (Lipinski definition) is 5. The maximum Gasteiger partial charge on any atom is 0.416 e. The van der Waals surface area contributed by atoms with Crippen molar-refractivity contribution in [1.29, 1.82) is 0 Å². The Kier molecular flexibility index (Phi) is 8.00. The second kappa shape index (κ2) is 11.0. The van der Waals surface area contributed by atoms with Crippen molar-refractivity contribution < 1.29 is 42.6 Å². The molecule has 0 bridgehead atoms. The molecule has 0 saturated carbocycles. The van der Waals surface area contributed by atoms with Gasteiger partial charge in [-0.3, -0.25) is 9.59 Å². The highest BCUT2D eigenvalue weighted by atomic mass is 32.2. The van der Waals surface area contributed by atoms with Gasteiger partial charge < -0.3 is 20.8 Å². The van der Waals surface area contributed by atoms with Gasteiger partial charge in [-0.1, -0.05) is 6.07 Å². The molecule has 0 aliphatic rings. The van der Waals surface area contributed by atoms with E-state index in [2.05, 4.69) is 10.6 Å². The minimum Gasteiger partial charge on any atom is -0.478 e. The number of halogens is 3. The number of benzene rings is 3. The molecule has 3 aromatic rings. The van der Waals surface area contributed by atoms with Gasteiger partial charge in [-0.2, -0.15) is 13.2 Å². The number of thioether (sulfide) groups is 1. The van der Waals surface area contributed by atoms with Crippen molar-refractivity contribution in [3.63, 3.8) is 0 Å². The lowest BCUT2D eigenvalue weighted by molar-refractivity contribution is -0.137. The van der Waals surface area contributed by atoms with Crippen LogP contribution in [0.4, 0.5) is 24.5 Å². The van der Waals surface area contributed by atoms with Crippen LogP contribution in [0.2, 0.25) is 0 Å². The van der Waals surface area contributed by atoms with Crippen LogP contribution in [0.5, 0.6) is 0 Å². The average molecular weight is 518 g/mol. The number of nitrogens with one attached hydrogen (secondary N) is 2. The summed E-state index contributed by atoms with van der Waals surface area (Å²) in [5.41, 5.74) is -1.51. The molecule has 0 spiro atoms. The monoisotopic (exact) mass is 518 g/mol. The fraction of sp³-hybridized carbons (Fsp3) is 0.0833. The normalized spacial score (nSPS) is 11.0. The predicted molar refractivity (Wildman–Crippen MR) is 126 cm³/mol. The fourth-order valence-corrected chi connectivity index (χ4v) is 3.70. The fourth-order valence-electron chi connectivity index (χ4n) is 3.00. The number of carbonyl (C=O) groups is 4. The van der Waals surface area contributed by atoms with E-state index in [4.69, 9.17) is 5.11 Å². The quantitative estimate of drug-likeness (QED) is 0.306. The van der Waals surface area contributed by atoms with Crippen LogP contribution in [-0.2, 0) is 11.0 Å². The molecule has 0 saturated heterocycles. The molecule has 0 fully saturated rings. The van der Waals surface area contributed by atoms with E-state index >= 15 is 0 Å². The zero-order valence-electron chi connectivity index (χ0n) is 18.1. The van der Waals surface area contributed by atoms with Gasteiger partial charge in [-0.15, -0.1) is 11.8 Å². The van der Waals surface area contributed by atoms with Gasteiger partial charge in [0.1, 0.15) is 0 Å². The second-order valence-electron chi connectivity index (χ2n) is 7.26. The third-order valence-electron chi connectivity index (χ3n) is 4.70. The predicted octanol–water partition coefficient (Wildman–Crippen LogP) is 5.08. The molecule has 3 aromatic carbocycles. The van der Waals surface area contributed by atoms with Crippen molar-refractivity contribution in [2.75, 3.05) is 16.4 Å². The number of hydrogen-bond donors (Lipinski definition) is 4. The molecule has 0 aliphatic carbocycles. The lowest BCUT2D eigenvalue weighted by Gasteiger charge is -2.10. The molecular weight excluding hydrogens is 501 g/mol. The maximum absolute atomic E-state index is 12.8. The Morgan fingerprint density at radius 2 is 1.47 bits per heavy atom. The van der Waals surface area contributed by atoms with E-state index in [9.17, 15) is 37.5 Å². The second-order valence-corrected chi connectivity index (χ2v) is 8.31. The Morgan fingerprint density at radius 1 is 0.778 bits per heavy atom. The molecule has 2 amide bonds. The minimum absolute atomic E-state index is 0.0191. The molecule has 0 aliphatic heterocycles. The third-order valence-corrected chi connectivity index (χ3v) is 5.71. The summed E-state index contributed by atoms with van der Waals surface area (Å²) in [6, 6.07) is 13.6. The highest BCUT2D eigenvalue weighted by molar-refractivity contribution is 8.00. The summed E-state index contributed by atoms with van der Waals surface area (Å²) >= 11 is 1.11. The smallest absolute Gasteiger partial charge is 0.416 e. The molecule has 3 rings (SSSR count). The van der Waals surface area contributed by atoms with Crippen LogP contribution in [0.3, 0.4) is 0 Å². The van der Waals surface area contributed by atoms with Gasteiger partial charge >= 0.3 is 18.1 Å². The number of amides is 2. The zero-order valence-corrected chi connectivity index (χ0v) is 18.9. The van der Waals surface area contributed by atoms with Crippen molar-refractivity contribution >= 4 is 46.9 Å². The molecule has 0 atom stereocenters. The van der Waals surface area contributed by atoms with Gasteiger partial charge in [0.25, 0.3) is 5.91 Å². The summed E-state index contributed by atoms with van der Waals surface area (Å²) in [4.78, 5) is 47.8. The molecule has 12 heteroatoms. The summed E-state index contributed by atoms with van der Waals surface area (Å²) in [5.74, 6) is -4.15. The highest BCUT2D eigenvalue weighted by Gasteiger charge is 2.30. The molecule has 4 N–H and O–H groups in total. The van der Waals surface area contributed by atoms with Crippen LogP contribution in [0.25, 0.3) is 0 Å². The van der Waals surface area contributed by atoms with Gasteiger partial charge in [0, 0.05) is 16.3 Å². The first-order chi connectivity index (χ1) is 16.9. The topological polar surface area (TPSA) is 133 Å². The van der Waals surface area contributed by atoms with E-state index in [0.29, 0.717) is 10.6 Å². The maximum atomic E-state index is 12.8. The number of anilines is 2. The largest absolute Gasteiger partial charge is 0.478 e. The first kappa shape index (κ1) is 26.3. The summed E-state index contributed by atoms with van der Waals surface area (Å²) in [5, 5.41) is 23.2. The molecule has 0 radical (unpaired) electrons. The van der Waals surface area contributed by atoms with Crippen LogP contribution in [-0.4, -0.2) is 39.7 Å². The Labute approximate surface area is 206 Å². The molecule has 0 unspecified atom stereocenters. The van der Waals surface area contributed by atoms with Crippen molar-refractivity contribution in [2.45, 2.75) is 11.1 Å². The van der Waals surface area contributed by atoms with Gasteiger partial charge in [0.15, 0.2) is 0 Å². The van der Waals surface area contributed by atoms with Crippen molar-refractivity contribution in [1.82, 2.24) is 0 Å². The van der Waals surface area contributed by atoms with Crippen LogP contribution in [0, 0.1) is 0 Å². The lowest BCUT2D eigenvalue weighted by Crippen LogP contribution is -2.17. The van der Waals surface area contributed by atoms with Crippen LogP contribution < -0.4 is 10.6 Å². The van der Waals surface area contributed by atoms with Crippen LogP contribution >= 0.6 is 11.8 Å². The standard InChI is InChI=1S/C24H17F3N2O6S/c25-24(26,27)14-2-1-3-16(11-14)28-20(30)12-36-17-7-5-15(6-8-17)29-21(31)18-9-4-13(22(32)33)10-19(18)23(34)35/h1-11H,12H2,(H,28,30)(H,29,31)(H,32,33)(H,34,35). The van der Waals surface area contributed by atoms with Crippen LogP contribution in [0.15, 0.2) is 71.6 Å². The number of carbonyl (C=O) groups excluding carboxylic acids is 2. The van der Waals surface area contributed by atoms with Crippen molar-refractivity contribution in [3.05, 3.63) is 89.0 Å². The van der Waals surface area contributed by atoms with Crippen molar-refractivity contribution in [2.24, 2.45) is 0 Å². The average Bonchev–Trinajstić information content (AvgIpc) is 2.82. The number of rotatable bonds is 8. The van der Waals surface area contributed by atoms with E-state index in [0.717, 1.165) is 42.1 Å². The minimum atomic E-state index is -4.52. The number of alkyl halides is 3. The SMILES string of the molecule is O=C(CSc1ccc(NC(=O)c2ccc(C(=O)O)cc2C(=O)O)cc1)Nc1cccc(C(F)(F)F)c1. The Bertz CT molecular complexity index is 1330. The zero-order chi connectivity index (χ0) is 26.5. The van der Waals surface area contributed by atoms with Gasteiger partial charge in [-0.25, -0.2) is 9.59 Å². The summed E-state index contributed by atoms with van der Waals surface area (Å²) in [6.07, 6.45) is -4.52. The summed E-state index contributed by atoms with van der Waals surface area (Å²) in [7, 11) is 0. The first-order valence-corrected chi connectivity index (χ1v) is 11.0. The lowest BCUT2D eigenvalue weighted by atomic mass is 10.0. The van der Waals surface area contributed by atoms with E-state index in [1.54, 1.807) is 12.1 Å². The molecule has 0 aromatic heterocycles. The first-order valence-electron chi connectivity index (χ1n) is 10.1. The van der Waals surface area contributed by atoms with Crippen LogP contribution in [0.1, 0.15) is 36.6 Å². The van der Waals surface area contributed by atoms with E-state index < -0.39 is 41.1 Å². The highest BCUT2D eigenvalue weighted by Crippen LogP contribution is 2.30. The number of carboxylic acids is 2. The summed E-state index contributed by atoms with van der Waals surface area (Å²) < 4.78 is 38.4. The number of aromatic carboxylic acids is 2. The van der Waals surface area contributed by atoms with Gasteiger partial charge in [0.05, 0.1) is 28.0 Å². The molecular formula is C24H17F3N2O6S. The molecule has 186 valence electrons. The third kappa shape index (κ3) is 6.85. The van der Waals surface area contributed by atoms with Crippen molar-refractivity contribution in [3.8, 4) is 0 Å². The Hall–Kier alpha value is -4.32. The molecule has 8 nitrogen and oxygen atoms in total. The number of carboxylic acid groups (broad SMARTS) is 2. The molecule has 36 heavy (non-hydrogen) atoms. The van der Waals surface area contributed by atoms with Gasteiger partial charge in [0.2, 0.25) is 5.91 Å². The van der Waals surface area contributed by atoms with E-state index in [-0.39, 0.29) is 22.6 Å². The van der Waals surface area contributed by atoms with E-state index in [1.165, 1.54) is 24.3 Å². The Morgan fingerprint density at radius 3 is 2.08 bits per heavy atom. The molecule has 0 heterocycles. The van der Waals surface area contributed by atoms with E-state index in [1.807, 2.05) is 0 Å².